The van der Waals surface area contributed by atoms with Crippen molar-refractivity contribution in [2.75, 3.05) is 0 Å². The third-order valence-electron chi connectivity index (χ3n) is 3.24. The number of rotatable bonds is 1. The minimum atomic E-state index is 0.375. The van der Waals surface area contributed by atoms with Crippen LogP contribution in [-0.4, -0.2) is 5.25 Å². The Bertz CT molecular complexity index is 349. The molecule has 1 aromatic carbocycles. The second-order valence-electron chi connectivity index (χ2n) is 5.45. The molecule has 15 heavy (non-hydrogen) atoms. The number of benzene rings is 1. The lowest BCUT2D eigenvalue weighted by molar-refractivity contribution is 0.312. The zero-order chi connectivity index (χ0) is 11.1. The third kappa shape index (κ3) is 1.94. The average Bonchev–Trinajstić information content (AvgIpc) is 2.54. The lowest BCUT2D eigenvalue weighted by Crippen LogP contribution is -2.24. The molecule has 1 heterocycles. The predicted molar refractivity (Wildman–Crippen MR) is 68.6 cm³/mol. The lowest BCUT2D eigenvalue weighted by Gasteiger charge is -2.32. The summed E-state index contributed by atoms with van der Waals surface area (Å²) < 4.78 is 0. The van der Waals surface area contributed by atoms with Crippen LogP contribution in [0, 0.1) is 5.41 Å². The van der Waals surface area contributed by atoms with Gasteiger partial charge in [0.05, 0.1) is 0 Å². The van der Waals surface area contributed by atoms with Gasteiger partial charge in [-0.2, -0.15) is 0 Å². The Morgan fingerprint density at radius 2 is 1.87 bits per heavy atom. The summed E-state index contributed by atoms with van der Waals surface area (Å²) in [6.45, 7) is 9.40. The maximum atomic E-state index is 2.36. The molecule has 0 aromatic heterocycles. The summed E-state index contributed by atoms with van der Waals surface area (Å²) in [7, 11) is 0. The molecule has 0 amide bonds. The maximum Gasteiger partial charge on any atom is 0.0166 e. The zero-order valence-corrected chi connectivity index (χ0v) is 10.9. The highest BCUT2D eigenvalue weighted by molar-refractivity contribution is 8.00. The smallest absolute Gasteiger partial charge is 0.0166 e. The van der Waals surface area contributed by atoms with Crippen molar-refractivity contribution in [3.63, 3.8) is 0 Å². The highest BCUT2D eigenvalue weighted by Gasteiger charge is 2.39. The molecule has 0 nitrogen and oxygen atoms in total. The van der Waals surface area contributed by atoms with Crippen LogP contribution in [0.25, 0.3) is 0 Å². The Morgan fingerprint density at radius 3 is 2.47 bits per heavy atom. The molecular weight excluding hydrogens is 200 g/mol. The van der Waals surface area contributed by atoms with E-state index in [-0.39, 0.29) is 0 Å². The molecular formula is C14H20S. The maximum absolute atomic E-state index is 2.36. The second kappa shape index (κ2) is 3.86. The summed E-state index contributed by atoms with van der Waals surface area (Å²) >= 11 is 2.07. The first-order valence-corrected chi connectivity index (χ1v) is 6.67. The monoisotopic (exact) mass is 220 g/mol. The molecule has 82 valence electrons. The van der Waals surface area contributed by atoms with Gasteiger partial charge in [-0.25, -0.2) is 0 Å². The Morgan fingerprint density at radius 1 is 1.20 bits per heavy atom. The number of fused-ring (bicyclic) bond motifs is 1. The highest BCUT2D eigenvalue weighted by atomic mass is 32.2. The largest absolute Gasteiger partial charge is 0.122 e. The van der Waals surface area contributed by atoms with E-state index in [1.165, 1.54) is 11.3 Å². The van der Waals surface area contributed by atoms with Crippen LogP contribution in [0.5, 0.6) is 0 Å². The van der Waals surface area contributed by atoms with Crippen LogP contribution in [0.15, 0.2) is 29.2 Å². The van der Waals surface area contributed by atoms with Crippen LogP contribution in [0.4, 0.5) is 0 Å². The van der Waals surface area contributed by atoms with Crippen LogP contribution in [-0.2, 0) is 0 Å². The SMILES string of the molecule is CCC1Sc2ccccc2C1C(C)(C)C. The Labute approximate surface area is 97.5 Å². The van der Waals surface area contributed by atoms with E-state index >= 15 is 0 Å². The van der Waals surface area contributed by atoms with Crippen molar-refractivity contribution in [3.8, 4) is 0 Å². The number of hydrogen-bond donors (Lipinski definition) is 0. The van der Waals surface area contributed by atoms with Crippen molar-refractivity contribution in [1.29, 1.82) is 0 Å². The fraction of sp³-hybridized carbons (Fsp3) is 0.571. The van der Waals surface area contributed by atoms with E-state index in [9.17, 15) is 0 Å². The van der Waals surface area contributed by atoms with Gasteiger partial charge in [0.2, 0.25) is 0 Å². The van der Waals surface area contributed by atoms with Crippen LogP contribution < -0.4 is 0 Å². The molecule has 0 aliphatic carbocycles. The van der Waals surface area contributed by atoms with Gasteiger partial charge in [0.1, 0.15) is 0 Å². The first-order valence-electron chi connectivity index (χ1n) is 5.79. The van der Waals surface area contributed by atoms with E-state index in [1.54, 1.807) is 5.56 Å². The normalized spacial score (nSPS) is 25.3. The Balaban J connectivity index is 2.43. The molecule has 1 aliphatic heterocycles. The first kappa shape index (κ1) is 11.1. The Kier molecular flexibility index (Phi) is 2.85. The zero-order valence-electron chi connectivity index (χ0n) is 10.1. The number of thioether (sulfide) groups is 1. The molecule has 1 heteroatoms. The van der Waals surface area contributed by atoms with E-state index in [0.29, 0.717) is 11.3 Å². The van der Waals surface area contributed by atoms with Crippen LogP contribution >= 0.6 is 11.8 Å². The summed E-state index contributed by atoms with van der Waals surface area (Å²) in [6, 6.07) is 8.92. The first-order chi connectivity index (χ1) is 7.04. The van der Waals surface area contributed by atoms with E-state index in [1.807, 2.05) is 0 Å². The van der Waals surface area contributed by atoms with Crippen molar-refractivity contribution in [2.24, 2.45) is 5.41 Å². The standard InChI is InChI=1S/C14H20S/c1-5-11-13(14(2,3)4)10-8-6-7-9-12(10)15-11/h6-9,11,13H,5H2,1-4H3. The van der Waals surface area contributed by atoms with Gasteiger partial charge in [0.25, 0.3) is 0 Å². The third-order valence-corrected chi connectivity index (χ3v) is 4.77. The van der Waals surface area contributed by atoms with Gasteiger partial charge in [-0.3, -0.25) is 0 Å². The summed E-state index contributed by atoms with van der Waals surface area (Å²) in [4.78, 5) is 1.50. The van der Waals surface area contributed by atoms with Crippen molar-refractivity contribution in [3.05, 3.63) is 29.8 Å². The van der Waals surface area contributed by atoms with Gasteiger partial charge in [0, 0.05) is 16.1 Å². The molecule has 0 saturated carbocycles. The molecule has 1 aliphatic rings. The van der Waals surface area contributed by atoms with Gasteiger partial charge < -0.3 is 0 Å². The molecule has 2 rings (SSSR count). The molecule has 0 saturated heterocycles. The minimum Gasteiger partial charge on any atom is -0.122 e. The lowest BCUT2D eigenvalue weighted by atomic mass is 9.74. The van der Waals surface area contributed by atoms with Crippen molar-refractivity contribution in [1.82, 2.24) is 0 Å². The molecule has 0 radical (unpaired) electrons. The van der Waals surface area contributed by atoms with Gasteiger partial charge in [-0.15, -0.1) is 11.8 Å². The summed E-state index contributed by atoms with van der Waals surface area (Å²) in [6.07, 6.45) is 1.27. The summed E-state index contributed by atoms with van der Waals surface area (Å²) in [5.74, 6) is 0.712. The minimum absolute atomic E-state index is 0.375. The molecule has 0 bridgehead atoms. The van der Waals surface area contributed by atoms with E-state index in [0.717, 1.165) is 5.25 Å². The molecule has 2 unspecified atom stereocenters. The highest BCUT2D eigenvalue weighted by Crippen LogP contribution is 2.53. The van der Waals surface area contributed by atoms with E-state index < -0.39 is 0 Å². The van der Waals surface area contributed by atoms with Crippen LogP contribution in [0.1, 0.15) is 45.6 Å². The van der Waals surface area contributed by atoms with Crippen molar-refractivity contribution < 1.29 is 0 Å². The van der Waals surface area contributed by atoms with Crippen molar-refractivity contribution in [2.45, 2.75) is 50.2 Å². The summed E-state index contributed by atoms with van der Waals surface area (Å²) in [5, 5.41) is 0.766. The second-order valence-corrected chi connectivity index (χ2v) is 6.73. The van der Waals surface area contributed by atoms with Crippen molar-refractivity contribution >= 4 is 11.8 Å². The number of hydrogen-bond acceptors (Lipinski definition) is 1. The molecule has 0 spiro atoms. The fourth-order valence-electron chi connectivity index (χ4n) is 2.62. The molecule has 0 fully saturated rings. The van der Waals surface area contributed by atoms with Crippen LogP contribution in [0.3, 0.4) is 0 Å². The summed E-state index contributed by atoms with van der Waals surface area (Å²) in [5.41, 5.74) is 1.95. The molecule has 0 N–H and O–H groups in total. The van der Waals surface area contributed by atoms with Gasteiger partial charge in [-0.05, 0) is 23.5 Å². The fourth-order valence-corrected chi connectivity index (χ4v) is 4.29. The van der Waals surface area contributed by atoms with Gasteiger partial charge >= 0.3 is 0 Å². The van der Waals surface area contributed by atoms with E-state index in [2.05, 4.69) is 63.7 Å². The molecule has 1 aromatic rings. The topological polar surface area (TPSA) is 0 Å². The van der Waals surface area contributed by atoms with Gasteiger partial charge in [0.15, 0.2) is 0 Å². The van der Waals surface area contributed by atoms with E-state index in [4.69, 9.17) is 0 Å². The average molecular weight is 220 g/mol. The van der Waals surface area contributed by atoms with Crippen LogP contribution in [0.2, 0.25) is 0 Å². The predicted octanol–water partition coefficient (Wildman–Crippen LogP) is 4.70. The molecule has 2 atom stereocenters. The van der Waals surface area contributed by atoms with Gasteiger partial charge in [-0.1, -0.05) is 45.9 Å². The quantitative estimate of drug-likeness (QED) is 0.661. The Hall–Kier alpha value is -0.430.